The van der Waals surface area contributed by atoms with Crippen LogP contribution in [-0.2, 0) is 9.53 Å². The summed E-state index contributed by atoms with van der Waals surface area (Å²) in [4.78, 5) is 38.3. The molecule has 0 bridgehead atoms. The molecule has 0 spiro atoms. The zero-order valence-corrected chi connectivity index (χ0v) is 13.8. The molecule has 3 aromatic rings. The highest BCUT2D eigenvalue weighted by molar-refractivity contribution is 5.97. The van der Waals surface area contributed by atoms with Crippen molar-refractivity contribution in [3.63, 3.8) is 0 Å². The number of nitrogens with zero attached hydrogens (tertiary/aromatic N) is 2. The van der Waals surface area contributed by atoms with Gasteiger partial charge in [-0.1, -0.05) is 36.4 Å². The minimum Gasteiger partial charge on any atom is -0.467 e. The van der Waals surface area contributed by atoms with Crippen molar-refractivity contribution in [2.24, 2.45) is 0 Å². The zero-order chi connectivity index (χ0) is 17.7. The number of ether oxygens (including phenoxy) is 1. The monoisotopic (exact) mass is 336 g/mol. The third kappa shape index (κ3) is 2.14. The van der Waals surface area contributed by atoms with Crippen LogP contribution in [0.5, 0.6) is 0 Å². The molecule has 25 heavy (non-hydrogen) atoms. The molecule has 1 aromatic heterocycles. The van der Waals surface area contributed by atoms with E-state index in [-0.39, 0.29) is 17.2 Å². The third-order valence-corrected chi connectivity index (χ3v) is 4.66. The van der Waals surface area contributed by atoms with Crippen molar-refractivity contribution in [3.8, 4) is 0 Å². The van der Waals surface area contributed by atoms with Crippen molar-refractivity contribution < 1.29 is 9.53 Å². The SMILES string of the molecule is COC(=O)[C@H]1C=C[C@H](C)n2c(=O)c3cc4ccccc4cc3c(=O)n21. The minimum atomic E-state index is -0.947. The van der Waals surface area contributed by atoms with Crippen LogP contribution in [0, 0.1) is 0 Å². The highest BCUT2D eigenvalue weighted by Gasteiger charge is 2.29. The van der Waals surface area contributed by atoms with E-state index in [1.807, 2.05) is 24.3 Å². The highest BCUT2D eigenvalue weighted by atomic mass is 16.5. The van der Waals surface area contributed by atoms with Crippen LogP contribution < -0.4 is 11.1 Å². The maximum Gasteiger partial charge on any atom is 0.334 e. The lowest BCUT2D eigenvalue weighted by Gasteiger charge is -2.27. The first-order valence-corrected chi connectivity index (χ1v) is 7.99. The summed E-state index contributed by atoms with van der Waals surface area (Å²) in [7, 11) is 1.26. The molecule has 4 rings (SSSR count). The van der Waals surface area contributed by atoms with Gasteiger partial charge < -0.3 is 4.74 Å². The van der Waals surface area contributed by atoms with Crippen molar-refractivity contribution >= 4 is 27.5 Å². The fourth-order valence-electron chi connectivity index (χ4n) is 3.41. The molecule has 6 nitrogen and oxygen atoms in total. The second-order valence-electron chi connectivity index (χ2n) is 6.14. The molecule has 2 heterocycles. The van der Waals surface area contributed by atoms with Crippen molar-refractivity contribution in [3.05, 3.63) is 69.3 Å². The van der Waals surface area contributed by atoms with Crippen molar-refractivity contribution in [2.45, 2.75) is 19.0 Å². The molecule has 2 aromatic carbocycles. The number of carbonyl (C=O) groups excluding carboxylic acids is 1. The average Bonchev–Trinajstić information content (AvgIpc) is 2.64. The molecule has 126 valence electrons. The number of hydrogen-bond acceptors (Lipinski definition) is 4. The Morgan fingerprint density at radius 2 is 1.52 bits per heavy atom. The second-order valence-corrected chi connectivity index (χ2v) is 6.14. The van der Waals surface area contributed by atoms with Crippen molar-refractivity contribution in [2.75, 3.05) is 7.11 Å². The average molecular weight is 336 g/mol. The fourth-order valence-corrected chi connectivity index (χ4v) is 3.41. The largest absolute Gasteiger partial charge is 0.467 e. The molecular weight excluding hydrogens is 320 g/mol. The summed E-state index contributed by atoms with van der Waals surface area (Å²) in [6, 6.07) is 9.70. The minimum absolute atomic E-state index is 0.300. The van der Waals surface area contributed by atoms with Gasteiger partial charge in [0.1, 0.15) is 0 Å². The number of carbonyl (C=O) groups is 1. The maximum absolute atomic E-state index is 13.1. The van der Waals surface area contributed by atoms with Crippen LogP contribution in [0.25, 0.3) is 21.5 Å². The maximum atomic E-state index is 13.1. The molecule has 6 heteroatoms. The second kappa shape index (κ2) is 5.44. The predicted molar refractivity (Wildman–Crippen MR) is 94.9 cm³/mol. The van der Waals surface area contributed by atoms with Gasteiger partial charge in [0.25, 0.3) is 11.1 Å². The van der Waals surface area contributed by atoms with Gasteiger partial charge in [-0.15, -0.1) is 0 Å². The lowest BCUT2D eigenvalue weighted by atomic mass is 10.0. The third-order valence-electron chi connectivity index (χ3n) is 4.66. The topological polar surface area (TPSA) is 70.3 Å². The fraction of sp³-hybridized carbons (Fsp3) is 0.211. The van der Waals surface area contributed by atoms with E-state index in [2.05, 4.69) is 0 Å². The Bertz CT molecular complexity index is 1170. The molecule has 0 saturated carbocycles. The van der Waals surface area contributed by atoms with E-state index in [0.29, 0.717) is 10.8 Å². The van der Waals surface area contributed by atoms with E-state index < -0.39 is 12.0 Å². The van der Waals surface area contributed by atoms with Crippen LogP contribution in [0.15, 0.2) is 58.1 Å². The first-order chi connectivity index (χ1) is 12.0. The Morgan fingerprint density at radius 3 is 2.08 bits per heavy atom. The normalized spacial score (nSPS) is 19.1. The summed E-state index contributed by atoms with van der Waals surface area (Å²) in [6.45, 7) is 1.80. The number of fused-ring (bicyclic) bond motifs is 3. The Labute approximate surface area is 142 Å². The number of methoxy groups -OCH3 is 1. The van der Waals surface area contributed by atoms with E-state index in [4.69, 9.17) is 4.74 Å². The van der Waals surface area contributed by atoms with E-state index in [1.165, 1.54) is 16.5 Å². The van der Waals surface area contributed by atoms with Crippen LogP contribution >= 0.6 is 0 Å². The van der Waals surface area contributed by atoms with Gasteiger partial charge in [-0.25, -0.2) is 14.2 Å². The molecule has 1 aliphatic heterocycles. The summed E-state index contributed by atoms with van der Waals surface area (Å²) < 4.78 is 7.33. The summed E-state index contributed by atoms with van der Waals surface area (Å²) in [6.07, 6.45) is 3.33. The molecule has 0 N–H and O–H groups in total. The van der Waals surface area contributed by atoms with Gasteiger partial charge in [-0.3, -0.25) is 9.59 Å². The quantitative estimate of drug-likeness (QED) is 0.388. The number of rotatable bonds is 1. The molecule has 0 saturated heterocycles. The molecule has 0 fully saturated rings. The lowest BCUT2D eigenvalue weighted by molar-refractivity contribution is -0.143. The Balaban J connectivity index is 2.17. The first kappa shape index (κ1) is 15.4. The Hall–Kier alpha value is -3.15. The summed E-state index contributed by atoms with van der Waals surface area (Å²) in [5.74, 6) is -0.585. The standard InChI is InChI=1S/C19H16N2O4/c1-11-7-8-16(19(24)25-2)21-18(23)15-10-13-6-4-3-5-12(13)9-14(15)17(22)20(11)21/h3-11,16H,1-2H3/t11-,16+/m0/s1. The van der Waals surface area contributed by atoms with Gasteiger partial charge in [0.05, 0.1) is 23.9 Å². The van der Waals surface area contributed by atoms with Crippen LogP contribution in [0.4, 0.5) is 0 Å². The van der Waals surface area contributed by atoms with E-state index >= 15 is 0 Å². The molecule has 0 radical (unpaired) electrons. The van der Waals surface area contributed by atoms with Gasteiger partial charge in [0, 0.05) is 0 Å². The van der Waals surface area contributed by atoms with Crippen molar-refractivity contribution in [1.82, 2.24) is 9.36 Å². The molecule has 2 atom stereocenters. The number of benzene rings is 2. The number of aromatic nitrogens is 2. The van der Waals surface area contributed by atoms with Gasteiger partial charge in [0.2, 0.25) is 0 Å². The van der Waals surface area contributed by atoms with Gasteiger partial charge in [-0.2, -0.15) is 0 Å². The van der Waals surface area contributed by atoms with Gasteiger partial charge >= 0.3 is 5.97 Å². The number of allylic oxidation sites excluding steroid dienone is 1. The zero-order valence-electron chi connectivity index (χ0n) is 13.8. The van der Waals surface area contributed by atoms with Gasteiger partial charge in [0.15, 0.2) is 6.04 Å². The molecule has 0 amide bonds. The predicted octanol–water partition coefficient (Wildman–Crippen LogP) is 2.16. The smallest absolute Gasteiger partial charge is 0.334 e. The van der Waals surface area contributed by atoms with Crippen LogP contribution in [0.1, 0.15) is 19.0 Å². The van der Waals surface area contributed by atoms with Gasteiger partial charge in [-0.05, 0) is 29.8 Å². The Morgan fingerprint density at radius 1 is 0.960 bits per heavy atom. The molecule has 1 aliphatic rings. The number of hydrogen-bond donors (Lipinski definition) is 0. The molecule has 0 aliphatic carbocycles. The van der Waals surface area contributed by atoms with E-state index in [0.717, 1.165) is 10.8 Å². The lowest BCUT2D eigenvalue weighted by Crippen LogP contribution is -2.45. The molecular formula is C19H16N2O4. The Kier molecular flexibility index (Phi) is 3.35. The molecule has 0 unspecified atom stereocenters. The number of esters is 1. The van der Waals surface area contributed by atoms with Crippen molar-refractivity contribution in [1.29, 1.82) is 0 Å². The van der Waals surface area contributed by atoms with E-state index in [1.54, 1.807) is 31.2 Å². The van der Waals surface area contributed by atoms with E-state index in [9.17, 15) is 14.4 Å². The first-order valence-electron chi connectivity index (χ1n) is 7.99. The summed E-state index contributed by atoms with van der Waals surface area (Å²) in [5, 5.41) is 2.41. The van der Waals surface area contributed by atoms with Crippen LogP contribution in [0.3, 0.4) is 0 Å². The van der Waals surface area contributed by atoms with Crippen LogP contribution in [0.2, 0.25) is 0 Å². The summed E-state index contributed by atoms with van der Waals surface area (Å²) in [5.41, 5.74) is -0.682. The highest BCUT2D eigenvalue weighted by Crippen LogP contribution is 2.23. The summed E-state index contributed by atoms with van der Waals surface area (Å²) >= 11 is 0. The van der Waals surface area contributed by atoms with Crippen LogP contribution in [-0.4, -0.2) is 22.4 Å².